The van der Waals surface area contributed by atoms with Crippen molar-refractivity contribution in [1.82, 2.24) is 10.6 Å². The summed E-state index contributed by atoms with van der Waals surface area (Å²) in [4.78, 5) is 26.3. The van der Waals surface area contributed by atoms with Gasteiger partial charge in [-0.05, 0) is 126 Å². The minimum absolute atomic E-state index is 0.124. The van der Waals surface area contributed by atoms with Crippen LogP contribution < -0.4 is 34.3 Å². The molecule has 1 amide bonds. The van der Waals surface area contributed by atoms with Gasteiger partial charge in [-0.2, -0.15) is 5.26 Å². The van der Waals surface area contributed by atoms with Gasteiger partial charge in [0.1, 0.15) is 37.1 Å². The maximum Gasteiger partial charge on any atom is 0.240 e. The lowest BCUT2D eigenvalue weighted by atomic mass is 9.97. The highest BCUT2D eigenvalue weighted by molar-refractivity contribution is 6.32. The summed E-state index contributed by atoms with van der Waals surface area (Å²) in [5, 5.41) is 16.3. The summed E-state index contributed by atoms with van der Waals surface area (Å²) in [5.74, 6) is 2.46. The van der Waals surface area contributed by atoms with Crippen LogP contribution >= 0.6 is 11.6 Å². The molecule has 0 fully saturated rings. The number of benzene rings is 7. The second-order valence-electron chi connectivity index (χ2n) is 16.8. The van der Waals surface area contributed by atoms with Gasteiger partial charge >= 0.3 is 0 Å². The van der Waals surface area contributed by atoms with Crippen LogP contribution in [0.1, 0.15) is 68.7 Å². The summed E-state index contributed by atoms with van der Waals surface area (Å²) in [6, 6.07) is 49.7. The van der Waals surface area contributed by atoms with E-state index < -0.39 is 5.54 Å². The number of ether oxygens (including phenoxy) is 5. The van der Waals surface area contributed by atoms with Gasteiger partial charge in [0.25, 0.3) is 0 Å². The number of rotatable bonds is 21. The Labute approximate surface area is 409 Å². The number of nitrogens with zero attached hydrogens (tertiary/aromatic N) is 1. The van der Waals surface area contributed by atoms with Crippen LogP contribution in [-0.2, 0) is 37.7 Å². The van der Waals surface area contributed by atoms with Crippen molar-refractivity contribution in [2.75, 3.05) is 14.2 Å². The predicted octanol–water partition coefficient (Wildman–Crippen LogP) is 12.0. The zero-order valence-electron chi connectivity index (χ0n) is 39.3. The Hall–Kier alpha value is -7.84. The summed E-state index contributed by atoms with van der Waals surface area (Å²) in [5.41, 5.74) is 8.72. The zero-order chi connectivity index (χ0) is 48.8. The lowest BCUT2D eigenvalue weighted by Gasteiger charge is -2.26. The van der Waals surface area contributed by atoms with Crippen molar-refractivity contribution < 1.29 is 33.3 Å². The van der Waals surface area contributed by atoms with Crippen molar-refractivity contribution in [3.63, 3.8) is 0 Å². The van der Waals surface area contributed by atoms with Crippen molar-refractivity contribution >= 4 is 29.4 Å². The van der Waals surface area contributed by atoms with Crippen LogP contribution in [0.4, 0.5) is 0 Å². The molecule has 0 aromatic heterocycles. The van der Waals surface area contributed by atoms with Gasteiger partial charge in [-0.25, -0.2) is 0 Å². The van der Waals surface area contributed by atoms with Gasteiger partial charge in [0.05, 0.1) is 36.4 Å². The minimum atomic E-state index is -0.981. The first-order chi connectivity index (χ1) is 33.4. The van der Waals surface area contributed by atoms with Crippen LogP contribution in [0.3, 0.4) is 0 Å². The SMILES string of the molecule is COc1ccc(C(=O)C=Cc2ccc(OCc3ccc(CNC(=O)C(C)(C)NCc4cc(Cl)c(OCc5cccc(-c6ccccc6)c5C)cc4OCc4cccc(C#N)c4)cc3)c(OC)c2)cc1. The van der Waals surface area contributed by atoms with Gasteiger partial charge in [0, 0.05) is 30.3 Å². The van der Waals surface area contributed by atoms with E-state index in [0.29, 0.717) is 64.7 Å². The molecule has 0 atom stereocenters. The second kappa shape index (κ2) is 23.3. The molecule has 0 saturated heterocycles. The highest BCUT2D eigenvalue weighted by Gasteiger charge is 2.27. The summed E-state index contributed by atoms with van der Waals surface area (Å²) in [6.07, 6.45) is 3.26. The van der Waals surface area contributed by atoms with Crippen molar-refractivity contribution in [1.29, 1.82) is 5.26 Å². The van der Waals surface area contributed by atoms with Crippen molar-refractivity contribution in [2.24, 2.45) is 0 Å². The van der Waals surface area contributed by atoms with Gasteiger partial charge in [-0.15, -0.1) is 0 Å². The zero-order valence-corrected chi connectivity index (χ0v) is 40.1. The van der Waals surface area contributed by atoms with Gasteiger partial charge < -0.3 is 29.0 Å². The molecule has 7 aromatic rings. The molecule has 69 heavy (non-hydrogen) atoms. The van der Waals surface area contributed by atoms with E-state index in [9.17, 15) is 14.9 Å². The average Bonchev–Trinajstić information content (AvgIpc) is 3.38. The van der Waals surface area contributed by atoms with E-state index in [1.54, 1.807) is 68.8 Å². The number of ketones is 1. The monoisotopic (exact) mass is 939 g/mol. The Morgan fingerprint density at radius 3 is 2.10 bits per heavy atom. The van der Waals surface area contributed by atoms with Crippen LogP contribution in [0.5, 0.6) is 28.7 Å². The molecule has 0 heterocycles. The number of carbonyl (C=O) groups excluding carboxylic acids is 2. The first-order valence-corrected chi connectivity index (χ1v) is 22.8. The van der Waals surface area contributed by atoms with E-state index in [-0.39, 0.29) is 24.8 Å². The van der Waals surface area contributed by atoms with E-state index in [2.05, 4.69) is 41.8 Å². The van der Waals surface area contributed by atoms with Crippen LogP contribution in [-0.4, -0.2) is 31.4 Å². The number of hydrogen-bond acceptors (Lipinski definition) is 9. The number of allylic oxidation sites excluding steroid dienone is 1. The molecule has 11 heteroatoms. The number of carbonyl (C=O) groups is 2. The molecule has 0 radical (unpaired) electrons. The van der Waals surface area contributed by atoms with Gasteiger partial charge in [0.2, 0.25) is 5.91 Å². The number of nitrogens with one attached hydrogen (secondary N) is 2. The summed E-state index contributed by atoms with van der Waals surface area (Å²) in [7, 11) is 3.15. The van der Waals surface area contributed by atoms with Crippen LogP contribution in [0, 0.1) is 18.3 Å². The Morgan fingerprint density at radius 2 is 1.36 bits per heavy atom. The minimum Gasteiger partial charge on any atom is -0.497 e. The molecule has 7 rings (SSSR count). The molecule has 0 bridgehead atoms. The summed E-state index contributed by atoms with van der Waals surface area (Å²) in [6.45, 7) is 7.09. The number of methoxy groups -OCH3 is 2. The molecule has 0 saturated carbocycles. The molecule has 7 aromatic carbocycles. The molecule has 0 spiro atoms. The Bertz CT molecular complexity index is 2960. The van der Waals surface area contributed by atoms with Crippen molar-refractivity contribution in [3.05, 3.63) is 213 Å². The van der Waals surface area contributed by atoms with Gasteiger partial charge in [-0.3, -0.25) is 14.9 Å². The molecular formula is C58H54ClN3O7. The number of nitriles is 1. The molecule has 0 unspecified atom stereocenters. The molecule has 10 nitrogen and oxygen atoms in total. The topological polar surface area (TPSA) is 128 Å². The summed E-state index contributed by atoms with van der Waals surface area (Å²) >= 11 is 6.89. The van der Waals surface area contributed by atoms with E-state index >= 15 is 0 Å². The van der Waals surface area contributed by atoms with Crippen molar-refractivity contribution in [2.45, 2.75) is 59.2 Å². The maximum absolute atomic E-state index is 13.6. The fourth-order valence-electron chi connectivity index (χ4n) is 7.42. The molecular weight excluding hydrogens is 886 g/mol. The lowest BCUT2D eigenvalue weighted by molar-refractivity contribution is -0.126. The number of hydrogen-bond donors (Lipinski definition) is 2. The standard InChI is InChI=1S/C58H54ClN3O7/c1-39-47(15-10-16-50(39)45-13-7-6-8-14-45)38-69-55-32-54(68-37-44-12-9-11-43(29-44)33-60)48(31-51(55)59)35-62-58(2,3)57(64)61-34-41-17-19-42(20-18-41)36-67-53-28-22-40(30-56(53)66-5)21-27-52(63)46-23-25-49(65-4)26-24-46/h6-32,62H,34-38H2,1-5H3,(H,61,64). The highest BCUT2D eigenvalue weighted by Crippen LogP contribution is 2.36. The number of amides is 1. The second-order valence-corrected chi connectivity index (χ2v) is 17.2. The fraction of sp³-hybridized carbons (Fsp3) is 0.190. The fourth-order valence-corrected chi connectivity index (χ4v) is 7.66. The van der Waals surface area contributed by atoms with Crippen molar-refractivity contribution in [3.8, 4) is 45.9 Å². The smallest absolute Gasteiger partial charge is 0.240 e. The Kier molecular flexibility index (Phi) is 16.5. The largest absolute Gasteiger partial charge is 0.497 e. The van der Waals surface area contributed by atoms with Crippen LogP contribution in [0.25, 0.3) is 17.2 Å². The predicted molar refractivity (Wildman–Crippen MR) is 271 cm³/mol. The third-order valence-electron chi connectivity index (χ3n) is 11.6. The molecule has 350 valence electrons. The number of halogens is 1. The molecule has 0 aliphatic rings. The molecule has 0 aliphatic heterocycles. The Balaban J connectivity index is 0.947. The quantitative estimate of drug-likeness (QED) is 0.0534. The Morgan fingerprint density at radius 1 is 0.652 bits per heavy atom. The van der Waals surface area contributed by atoms with Crippen LogP contribution in [0.2, 0.25) is 5.02 Å². The third-order valence-corrected chi connectivity index (χ3v) is 11.9. The molecule has 0 aliphatic carbocycles. The maximum atomic E-state index is 13.6. The molecule has 2 N–H and O–H groups in total. The van der Waals surface area contributed by atoms with Gasteiger partial charge in [0.15, 0.2) is 17.3 Å². The first kappa shape index (κ1) is 49.1. The van der Waals surface area contributed by atoms with Crippen LogP contribution in [0.15, 0.2) is 158 Å². The first-order valence-electron chi connectivity index (χ1n) is 22.4. The highest BCUT2D eigenvalue weighted by atomic mass is 35.5. The normalized spacial score (nSPS) is 11.1. The van der Waals surface area contributed by atoms with E-state index in [1.165, 1.54) is 6.08 Å². The van der Waals surface area contributed by atoms with E-state index in [1.807, 2.05) is 98.8 Å². The summed E-state index contributed by atoms with van der Waals surface area (Å²) < 4.78 is 29.6. The van der Waals surface area contributed by atoms with E-state index in [0.717, 1.165) is 50.1 Å². The lowest BCUT2D eigenvalue weighted by Crippen LogP contribution is -2.52. The van der Waals surface area contributed by atoms with E-state index in [4.69, 9.17) is 35.3 Å². The third kappa shape index (κ3) is 13.2. The van der Waals surface area contributed by atoms with Gasteiger partial charge in [-0.1, -0.05) is 109 Å². The average molecular weight is 941 g/mol.